The van der Waals surface area contributed by atoms with Crippen LogP contribution in [-0.4, -0.2) is 15.9 Å². The fourth-order valence-electron chi connectivity index (χ4n) is 1.75. The highest BCUT2D eigenvalue weighted by Crippen LogP contribution is 2.25. The molecule has 0 aliphatic heterocycles. The molecule has 0 bridgehead atoms. The molecule has 0 fully saturated rings. The summed E-state index contributed by atoms with van der Waals surface area (Å²) in [7, 11) is 0. The molecule has 0 saturated carbocycles. The van der Waals surface area contributed by atoms with Crippen LogP contribution in [0, 0.1) is 3.57 Å². The number of pyridine rings is 1. The maximum Gasteiger partial charge on any atom is 0.259 e. The number of halogens is 1. The molecule has 6 heteroatoms. The van der Waals surface area contributed by atoms with Crippen molar-refractivity contribution in [1.29, 1.82) is 0 Å². The molecule has 2 heterocycles. The highest BCUT2D eigenvalue weighted by atomic mass is 127. The molecule has 1 amide bonds. The molecule has 21 heavy (non-hydrogen) atoms. The van der Waals surface area contributed by atoms with Gasteiger partial charge in [-0.2, -0.15) is 0 Å². The third kappa shape index (κ3) is 3.45. The summed E-state index contributed by atoms with van der Waals surface area (Å²) in [5.41, 5.74) is 2.41. The number of rotatable bonds is 3. The van der Waals surface area contributed by atoms with Crippen molar-refractivity contribution in [3.05, 3.63) is 63.3 Å². The van der Waals surface area contributed by atoms with E-state index in [1.54, 1.807) is 18.3 Å². The van der Waals surface area contributed by atoms with E-state index in [9.17, 15) is 4.79 Å². The number of hydrogen-bond donors (Lipinski definition) is 1. The number of anilines is 1. The summed E-state index contributed by atoms with van der Waals surface area (Å²) in [6.45, 7) is 0. The Labute approximate surface area is 139 Å². The predicted octanol–water partition coefficient (Wildman–Crippen LogP) is 4.06. The predicted molar refractivity (Wildman–Crippen MR) is 92.5 cm³/mol. The molecule has 3 rings (SSSR count). The van der Waals surface area contributed by atoms with Gasteiger partial charge in [0.15, 0.2) is 5.13 Å². The van der Waals surface area contributed by atoms with Crippen molar-refractivity contribution < 1.29 is 4.79 Å². The third-order valence-electron chi connectivity index (χ3n) is 2.79. The van der Waals surface area contributed by atoms with Gasteiger partial charge in [0, 0.05) is 26.9 Å². The standard InChI is InChI=1S/C15H10IN3OS/c16-12-5-3-10(4-6-12)13-9-21-15(18-13)19-14(20)11-2-1-7-17-8-11/h1-9H,(H,18,19,20). The van der Waals surface area contributed by atoms with Gasteiger partial charge in [-0.05, 0) is 46.9 Å². The van der Waals surface area contributed by atoms with E-state index < -0.39 is 0 Å². The lowest BCUT2D eigenvalue weighted by molar-refractivity contribution is 0.102. The molecule has 2 aromatic heterocycles. The minimum absolute atomic E-state index is 0.202. The molecule has 0 aliphatic carbocycles. The Bertz CT molecular complexity index is 756. The molecule has 0 aliphatic rings. The average Bonchev–Trinajstić information content (AvgIpc) is 2.97. The number of nitrogens with one attached hydrogen (secondary N) is 1. The second kappa shape index (κ2) is 6.31. The number of aromatic nitrogens is 2. The van der Waals surface area contributed by atoms with Crippen LogP contribution in [0.5, 0.6) is 0 Å². The van der Waals surface area contributed by atoms with E-state index in [1.165, 1.54) is 21.1 Å². The van der Waals surface area contributed by atoms with Crippen LogP contribution < -0.4 is 5.32 Å². The first-order valence-corrected chi connectivity index (χ1v) is 8.11. The van der Waals surface area contributed by atoms with E-state index in [1.807, 2.05) is 29.6 Å². The highest BCUT2D eigenvalue weighted by Gasteiger charge is 2.09. The largest absolute Gasteiger partial charge is 0.298 e. The second-order valence-electron chi connectivity index (χ2n) is 4.24. The molecular formula is C15H10IN3OS. The monoisotopic (exact) mass is 407 g/mol. The van der Waals surface area contributed by atoms with Gasteiger partial charge in [-0.25, -0.2) is 4.98 Å². The molecule has 4 nitrogen and oxygen atoms in total. The lowest BCUT2D eigenvalue weighted by atomic mass is 10.2. The van der Waals surface area contributed by atoms with Gasteiger partial charge in [-0.3, -0.25) is 15.1 Å². The maximum atomic E-state index is 12.0. The number of benzene rings is 1. The molecule has 3 aromatic rings. The molecule has 1 N–H and O–H groups in total. The van der Waals surface area contributed by atoms with E-state index in [2.05, 4.69) is 37.9 Å². The minimum Gasteiger partial charge on any atom is -0.298 e. The second-order valence-corrected chi connectivity index (χ2v) is 6.34. The topological polar surface area (TPSA) is 54.9 Å². The average molecular weight is 407 g/mol. The van der Waals surface area contributed by atoms with Gasteiger partial charge in [-0.1, -0.05) is 12.1 Å². The van der Waals surface area contributed by atoms with Crippen LogP contribution in [0.3, 0.4) is 0 Å². The smallest absolute Gasteiger partial charge is 0.259 e. The van der Waals surface area contributed by atoms with Crippen molar-refractivity contribution in [2.75, 3.05) is 5.32 Å². The first-order chi connectivity index (χ1) is 10.2. The molecule has 0 atom stereocenters. The van der Waals surface area contributed by atoms with Gasteiger partial charge in [0.25, 0.3) is 5.91 Å². The first-order valence-electron chi connectivity index (χ1n) is 6.15. The van der Waals surface area contributed by atoms with Crippen molar-refractivity contribution in [2.24, 2.45) is 0 Å². The van der Waals surface area contributed by atoms with Crippen LogP contribution in [-0.2, 0) is 0 Å². The Morgan fingerprint density at radius 3 is 2.71 bits per heavy atom. The van der Waals surface area contributed by atoms with Crippen LogP contribution >= 0.6 is 33.9 Å². The Kier molecular flexibility index (Phi) is 4.26. The zero-order valence-electron chi connectivity index (χ0n) is 10.8. The number of nitrogens with zero attached hydrogens (tertiary/aromatic N) is 2. The summed E-state index contributed by atoms with van der Waals surface area (Å²) in [4.78, 5) is 20.4. The summed E-state index contributed by atoms with van der Waals surface area (Å²) in [5.74, 6) is -0.202. The molecule has 0 saturated heterocycles. The van der Waals surface area contributed by atoms with Gasteiger partial charge in [-0.15, -0.1) is 11.3 Å². The summed E-state index contributed by atoms with van der Waals surface area (Å²) < 4.78 is 1.18. The summed E-state index contributed by atoms with van der Waals surface area (Å²) in [5, 5.41) is 5.30. The zero-order chi connectivity index (χ0) is 14.7. The van der Waals surface area contributed by atoms with Crippen molar-refractivity contribution >= 4 is 45.0 Å². The number of thiazole rings is 1. The van der Waals surface area contributed by atoms with Gasteiger partial charge in [0.1, 0.15) is 0 Å². The van der Waals surface area contributed by atoms with E-state index in [-0.39, 0.29) is 5.91 Å². The Morgan fingerprint density at radius 1 is 1.19 bits per heavy atom. The van der Waals surface area contributed by atoms with Gasteiger partial charge in [0.2, 0.25) is 0 Å². The van der Waals surface area contributed by atoms with Gasteiger partial charge >= 0.3 is 0 Å². The number of hydrogen-bond acceptors (Lipinski definition) is 4. The number of carbonyl (C=O) groups is 1. The van der Waals surface area contributed by atoms with Crippen LogP contribution in [0.1, 0.15) is 10.4 Å². The van der Waals surface area contributed by atoms with E-state index in [4.69, 9.17) is 0 Å². The van der Waals surface area contributed by atoms with Crippen molar-refractivity contribution in [3.63, 3.8) is 0 Å². The molecule has 0 spiro atoms. The third-order valence-corrected chi connectivity index (χ3v) is 4.27. The highest BCUT2D eigenvalue weighted by molar-refractivity contribution is 14.1. The first kappa shape index (κ1) is 14.2. The van der Waals surface area contributed by atoms with Crippen molar-refractivity contribution in [2.45, 2.75) is 0 Å². The minimum atomic E-state index is -0.202. The molecular weight excluding hydrogens is 397 g/mol. The Balaban J connectivity index is 1.76. The van der Waals surface area contributed by atoms with E-state index >= 15 is 0 Å². The maximum absolute atomic E-state index is 12.0. The lowest BCUT2D eigenvalue weighted by Gasteiger charge is -2.00. The SMILES string of the molecule is O=C(Nc1nc(-c2ccc(I)cc2)cs1)c1cccnc1. The van der Waals surface area contributed by atoms with Crippen LogP contribution in [0.25, 0.3) is 11.3 Å². The fourth-order valence-corrected chi connectivity index (χ4v) is 2.83. The van der Waals surface area contributed by atoms with Gasteiger partial charge in [0.05, 0.1) is 11.3 Å². The summed E-state index contributed by atoms with van der Waals surface area (Å²) >= 11 is 3.67. The van der Waals surface area contributed by atoms with E-state index in [0.29, 0.717) is 10.7 Å². The summed E-state index contributed by atoms with van der Waals surface area (Å²) in [6, 6.07) is 11.5. The van der Waals surface area contributed by atoms with Crippen LogP contribution in [0.2, 0.25) is 0 Å². The fraction of sp³-hybridized carbons (Fsp3) is 0. The Hall–Kier alpha value is -1.80. The van der Waals surface area contributed by atoms with Crippen molar-refractivity contribution in [3.8, 4) is 11.3 Å². The normalized spacial score (nSPS) is 10.3. The zero-order valence-corrected chi connectivity index (χ0v) is 13.8. The van der Waals surface area contributed by atoms with Crippen LogP contribution in [0.15, 0.2) is 54.2 Å². The molecule has 104 valence electrons. The van der Waals surface area contributed by atoms with Gasteiger partial charge < -0.3 is 0 Å². The quantitative estimate of drug-likeness (QED) is 0.667. The lowest BCUT2D eigenvalue weighted by Crippen LogP contribution is -2.11. The summed E-state index contributed by atoms with van der Waals surface area (Å²) in [6.07, 6.45) is 3.16. The number of amides is 1. The molecule has 0 radical (unpaired) electrons. The molecule has 1 aromatic carbocycles. The Morgan fingerprint density at radius 2 is 2.00 bits per heavy atom. The van der Waals surface area contributed by atoms with Crippen molar-refractivity contribution in [1.82, 2.24) is 9.97 Å². The van der Waals surface area contributed by atoms with E-state index in [0.717, 1.165) is 11.3 Å². The number of carbonyl (C=O) groups excluding carboxylic acids is 1. The van der Waals surface area contributed by atoms with Crippen LogP contribution in [0.4, 0.5) is 5.13 Å². The molecule has 0 unspecified atom stereocenters.